The normalized spacial score (nSPS) is 37.0. The van der Waals surface area contributed by atoms with Crippen molar-refractivity contribution < 1.29 is 4.79 Å². The van der Waals surface area contributed by atoms with Gasteiger partial charge in [0.2, 0.25) is 0 Å². The van der Waals surface area contributed by atoms with Crippen LogP contribution >= 0.6 is 0 Å². The van der Waals surface area contributed by atoms with Crippen molar-refractivity contribution in [3.63, 3.8) is 0 Å². The molecule has 1 nitrogen and oxygen atoms in total. The number of hydrogen-bond donors (Lipinski definition) is 0. The second-order valence-electron chi connectivity index (χ2n) is 5.50. The predicted molar refractivity (Wildman–Crippen MR) is 57.2 cm³/mol. The quantitative estimate of drug-likeness (QED) is 0.488. The van der Waals surface area contributed by atoms with E-state index in [-0.39, 0.29) is 0 Å². The summed E-state index contributed by atoms with van der Waals surface area (Å²) in [5, 5.41) is 0.601. The summed E-state index contributed by atoms with van der Waals surface area (Å²) in [6.45, 7) is 6.52. The van der Waals surface area contributed by atoms with Crippen LogP contribution in [0.15, 0.2) is 12.2 Å². The molecule has 0 amide bonds. The molecule has 0 radical (unpaired) electrons. The van der Waals surface area contributed by atoms with Gasteiger partial charge in [-0.3, -0.25) is 0 Å². The van der Waals surface area contributed by atoms with Crippen molar-refractivity contribution in [1.82, 2.24) is 0 Å². The highest BCUT2D eigenvalue weighted by Gasteiger charge is 2.43. The summed E-state index contributed by atoms with van der Waals surface area (Å²) >= 11 is 0. The SMILES string of the molecule is C[Si](C)(C)C(=O)[C@H]1C[C@H]2C=C[C@@H]1C2. The van der Waals surface area contributed by atoms with E-state index in [4.69, 9.17) is 0 Å². The van der Waals surface area contributed by atoms with Crippen LogP contribution < -0.4 is 0 Å². The first-order chi connectivity index (χ1) is 5.98. The van der Waals surface area contributed by atoms with Gasteiger partial charge < -0.3 is 4.79 Å². The van der Waals surface area contributed by atoms with E-state index < -0.39 is 8.07 Å². The maximum absolute atomic E-state index is 12.1. The summed E-state index contributed by atoms with van der Waals surface area (Å²) < 4.78 is 0. The van der Waals surface area contributed by atoms with E-state index in [1.807, 2.05) is 0 Å². The fraction of sp³-hybridized carbons (Fsp3) is 0.727. The van der Waals surface area contributed by atoms with Gasteiger partial charge in [0, 0.05) is 5.92 Å². The third kappa shape index (κ3) is 1.52. The molecule has 0 aromatic rings. The lowest BCUT2D eigenvalue weighted by Crippen LogP contribution is -2.40. The third-order valence-corrected chi connectivity index (χ3v) is 5.20. The molecule has 2 rings (SSSR count). The molecule has 2 bridgehead atoms. The monoisotopic (exact) mass is 194 g/mol. The standard InChI is InChI=1S/C11H18OSi/c1-13(2,3)11(12)10-7-8-4-5-9(10)6-8/h4-5,8-10H,6-7H2,1-3H3/t8-,9+,10-/m0/s1. The smallest absolute Gasteiger partial charge is 0.124 e. The zero-order chi connectivity index (χ0) is 9.64. The summed E-state index contributed by atoms with van der Waals surface area (Å²) in [5.74, 6) is 1.72. The molecule has 0 spiro atoms. The molecule has 0 unspecified atom stereocenters. The van der Waals surface area contributed by atoms with Gasteiger partial charge in [-0.1, -0.05) is 31.8 Å². The summed E-state index contributed by atoms with van der Waals surface area (Å²) in [5.41, 5.74) is 0. The largest absolute Gasteiger partial charge is 0.305 e. The van der Waals surface area contributed by atoms with Crippen molar-refractivity contribution in [1.29, 1.82) is 0 Å². The van der Waals surface area contributed by atoms with Crippen LogP contribution in [0.1, 0.15) is 12.8 Å². The Kier molecular flexibility index (Phi) is 1.99. The molecule has 2 aliphatic carbocycles. The van der Waals surface area contributed by atoms with Crippen molar-refractivity contribution in [3.8, 4) is 0 Å². The van der Waals surface area contributed by atoms with Crippen LogP contribution in [0.4, 0.5) is 0 Å². The molecular formula is C11H18OSi. The number of allylic oxidation sites excluding steroid dienone is 2. The molecular weight excluding hydrogens is 176 g/mol. The lowest BCUT2D eigenvalue weighted by atomic mass is 9.95. The molecule has 3 atom stereocenters. The number of carbonyl (C=O) groups excluding carboxylic acids is 1. The molecule has 0 aliphatic heterocycles. The van der Waals surface area contributed by atoms with Crippen molar-refractivity contribution >= 4 is 13.5 Å². The lowest BCUT2D eigenvalue weighted by Gasteiger charge is -2.24. The number of rotatable bonds is 2. The predicted octanol–water partition coefficient (Wildman–Crippen LogP) is 2.65. The maximum atomic E-state index is 12.1. The first kappa shape index (κ1) is 9.19. The van der Waals surface area contributed by atoms with Gasteiger partial charge in [0.15, 0.2) is 0 Å². The Bertz CT molecular complexity index is 262. The van der Waals surface area contributed by atoms with Crippen LogP contribution in [0.25, 0.3) is 0 Å². The second kappa shape index (κ2) is 2.81. The van der Waals surface area contributed by atoms with E-state index >= 15 is 0 Å². The molecule has 72 valence electrons. The van der Waals surface area contributed by atoms with Crippen LogP contribution in [0.2, 0.25) is 19.6 Å². The molecule has 1 fully saturated rings. The molecule has 1 saturated carbocycles. The minimum atomic E-state index is -1.54. The molecule has 0 N–H and O–H groups in total. The molecule has 0 aromatic carbocycles. The second-order valence-corrected chi connectivity index (χ2v) is 10.5. The van der Waals surface area contributed by atoms with Gasteiger partial charge in [0.05, 0.1) is 0 Å². The number of fused-ring (bicyclic) bond motifs is 2. The summed E-state index contributed by atoms with van der Waals surface area (Å²) in [4.78, 5) is 12.1. The van der Waals surface area contributed by atoms with Crippen LogP contribution in [0.5, 0.6) is 0 Å². The Morgan fingerprint density at radius 2 is 1.92 bits per heavy atom. The third-order valence-electron chi connectivity index (χ3n) is 3.35. The maximum Gasteiger partial charge on any atom is 0.124 e. The zero-order valence-corrected chi connectivity index (χ0v) is 9.71. The molecule has 0 saturated heterocycles. The van der Waals surface area contributed by atoms with E-state index in [9.17, 15) is 4.79 Å². The minimum absolute atomic E-state index is 0.390. The average Bonchev–Trinajstić information content (AvgIpc) is 2.60. The van der Waals surface area contributed by atoms with Gasteiger partial charge in [0.1, 0.15) is 13.5 Å². The fourth-order valence-electron chi connectivity index (χ4n) is 2.64. The highest BCUT2D eigenvalue weighted by Crippen LogP contribution is 2.44. The minimum Gasteiger partial charge on any atom is -0.305 e. The summed E-state index contributed by atoms with van der Waals surface area (Å²) in [7, 11) is -1.54. The molecule has 0 aromatic heterocycles. The van der Waals surface area contributed by atoms with E-state index in [1.165, 1.54) is 6.42 Å². The van der Waals surface area contributed by atoms with Crippen LogP contribution in [0, 0.1) is 17.8 Å². The van der Waals surface area contributed by atoms with Crippen molar-refractivity contribution in [3.05, 3.63) is 12.2 Å². The van der Waals surface area contributed by atoms with Crippen molar-refractivity contribution in [2.24, 2.45) is 17.8 Å². The van der Waals surface area contributed by atoms with Crippen LogP contribution in [-0.4, -0.2) is 13.5 Å². The number of carbonyl (C=O) groups is 1. The van der Waals surface area contributed by atoms with Crippen molar-refractivity contribution in [2.75, 3.05) is 0 Å². The fourth-order valence-corrected chi connectivity index (χ4v) is 4.08. The number of hydrogen-bond acceptors (Lipinski definition) is 1. The zero-order valence-electron chi connectivity index (χ0n) is 8.71. The Balaban J connectivity index is 2.12. The topological polar surface area (TPSA) is 17.1 Å². The van der Waals surface area contributed by atoms with E-state index in [0.29, 0.717) is 17.2 Å². The lowest BCUT2D eigenvalue weighted by molar-refractivity contribution is -0.116. The van der Waals surface area contributed by atoms with E-state index in [2.05, 4.69) is 31.8 Å². The molecule has 2 aliphatic rings. The van der Waals surface area contributed by atoms with Gasteiger partial charge in [-0.05, 0) is 24.7 Å². The molecule has 2 heteroatoms. The average molecular weight is 194 g/mol. The van der Waals surface area contributed by atoms with E-state index in [0.717, 1.165) is 12.3 Å². The Hall–Kier alpha value is -0.373. The van der Waals surface area contributed by atoms with Crippen LogP contribution in [0.3, 0.4) is 0 Å². The Morgan fingerprint density at radius 1 is 1.23 bits per heavy atom. The van der Waals surface area contributed by atoms with Gasteiger partial charge in [-0.25, -0.2) is 0 Å². The van der Waals surface area contributed by atoms with Crippen molar-refractivity contribution in [2.45, 2.75) is 32.5 Å². The van der Waals surface area contributed by atoms with E-state index in [1.54, 1.807) is 0 Å². The first-order valence-electron chi connectivity index (χ1n) is 5.21. The Morgan fingerprint density at radius 3 is 2.31 bits per heavy atom. The van der Waals surface area contributed by atoms with Gasteiger partial charge in [-0.15, -0.1) is 0 Å². The highest BCUT2D eigenvalue weighted by atomic mass is 28.3. The van der Waals surface area contributed by atoms with Crippen LogP contribution in [-0.2, 0) is 4.79 Å². The summed E-state index contributed by atoms with van der Waals surface area (Å²) in [6.07, 6.45) is 6.97. The molecule has 0 heterocycles. The molecule has 13 heavy (non-hydrogen) atoms. The summed E-state index contributed by atoms with van der Waals surface area (Å²) in [6, 6.07) is 0. The van der Waals surface area contributed by atoms with Gasteiger partial charge in [0.25, 0.3) is 0 Å². The highest BCUT2D eigenvalue weighted by molar-refractivity contribution is 7.03. The Labute approximate surface area is 81.2 Å². The first-order valence-corrected chi connectivity index (χ1v) is 8.71. The van der Waals surface area contributed by atoms with Gasteiger partial charge in [-0.2, -0.15) is 0 Å². The van der Waals surface area contributed by atoms with Gasteiger partial charge >= 0.3 is 0 Å².